The van der Waals surface area contributed by atoms with Crippen molar-refractivity contribution in [2.45, 2.75) is 31.9 Å². The van der Waals surface area contributed by atoms with Crippen LogP contribution < -0.4 is 0 Å². The van der Waals surface area contributed by atoms with Crippen molar-refractivity contribution in [3.05, 3.63) is 6.92 Å². The van der Waals surface area contributed by atoms with Crippen LogP contribution in [0.2, 0.25) is 12.1 Å². The zero-order valence-corrected chi connectivity index (χ0v) is 6.66. The van der Waals surface area contributed by atoms with E-state index in [0.717, 1.165) is 0 Å². The lowest BCUT2D eigenvalue weighted by molar-refractivity contribution is 0.878. The summed E-state index contributed by atoms with van der Waals surface area (Å²) in [5, 5.41) is 0. The Hall–Kier alpha value is 0.217. The molecule has 0 amide bonds. The van der Waals surface area contributed by atoms with Gasteiger partial charge in [-0.15, -0.1) is 0 Å². The largest absolute Gasteiger partial charge is 0.0654 e. The molecule has 0 aromatic carbocycles. The highest BCUT2D eigenvalue weighted by Crippen LogP contribution is 1.93. The van der Waals surface area contributed by atoms with Crippen LogP contribution in [0.3, 0.4) is 0 Å². The van der Waals surface area contributed by atoms with Crippen molar-refractivity contribution in [1.29, 1.82) is 0 Å². The van der Waals surface area contributed by atoms with E-state index in [1.54, 1.807) is 0 Å². The van der Waals surface area contributed by atoms with Crippen LogP contribution in [0.25, 0.3) is 0 Å². The summed E-state index contributed by atoms with van der Waals surface area (Å²) in [6, 6.07) is 2.76. The minimum atomic E-state index is 0.300. The molecule has 1 radical (unpaired) electrons. The molecule has 0 aliphatic carbocycles. The molecule has 0 N–H and O–H groups in total. The molecule has 0 atom stereocenters. The molecule has 0 nitrogen and oxygen atoms in total. The van der Waals surface area contributed by atoms with E-state index in [1.807, 2.05) is 0 Å². The SMILES string of the molecule is [CH2]C[SiH2]CCCC. The summed E-state index contributed by atoms with van der Waals surface area (Å²) in [5.74, 6) is 0. The van der Waals surface area contributed by atoms with Crippen molar-refractivity contribution in [3.63, 3.8) is 0 Å². The van der Waals surface area contributed by atoms with Crippen LogP contribution in [0.15, 0.2) is 0 Å². The third-order valence-electron chi connectivity index (χ3n) is 1.10. The first-order chi connectivity index (χ1) is 3.41. The highest BCUT2D eigenvalue weighted by atomic mass is 28.2. The Morgan fingerprint density at radius 2 is 2.29 bits per heavy atom. The molecular formula is C6H15Si. The summed E-state index contributed by atoms with van der Waals surface area (Å²) in [6.45, 7) is 6.07. The van der Waals surface area contributed by atoms with Gasteiger partial charge in [0, 0.05) is 9.52 Å². The summed E-state index contributed by atoms with van der Waals surface area (Å²) < 4.78 is 0. The fourth-order valence-corrected chi connectivity index (χ4v) is 1.81. The van der Waals surface area contributed by atoms with Crippen LogP contribution >= 0.6 is 0 Å². The maximum absolute atomic E-state index is 3.82. The summed E-state index contributed by atoms with van der Waals surface area (Å²) >= 11 is 0. The molecule has 0 fully saturated rings. The molecule has 0 aromatic heterocycles. The lowest BCUT2D eigenvalue weighted by Crippen LogP contribution is -1.83. The van der Waals surface area contributed by atoms with Gasteiger partial charge in [0.05, 0.1) is 0 Å². The van der Waals surface area contributed by atoms with Gasteiger partial charge >= 0.3 is 0 Å². The van der Waals surface area contributed by atoms with E-state index in [0.29, 0.717) is 9.52 Å². The van der Waals surface area contributed by atoms with Crippen LogP contribution in [0.5, 0.6) is 0 Å². The predicted octanol–water partition coefficient (Wildman–Crippen LogP) is 1.63. The first-order valence-corrected chi connectivity index (χ1v) is 5.21. The van der Waals surface area contributed by atoms with E-state index in [4.69, 9.17) is 0 Å². The molecule has 0 saturated carbocycles. The first-order valence-electron chi connectivity index (χ1n) is 3.21. The molecule has 0 bridgehead atoms. The maximum atomic E-state index is 3.82. The van der Waals surface area contributed by atoms with Crippen LogP contribution in [0.1, 0.15) is 19.8 Å². The van der Waals surface area contributed by atoms with E-state index in [1.165, 1.54) is 24.9 Å². The zero-order valence-electron chi connectivity index (χ0n) is 5.24. The normalized spacial score (nSPS) is 11.1. The van der Waals surface area contributed by atoms with Gasteiger partial charge in [-0.05, 0) is 0 Å². The Balaban J connectivity index is 2.45. The van der Waals surface area contributed by atoms with Gasteiger partial charge in [-0.25, -0.2) is 0 Å². The molecule has 1 heteroatoms. The van der Waals surface area contributed by atoms with Gasteiger partial charge in [-0.2, -0.15) is 0 Å². The van der Waals surface area contributed by atoms with E-state index in [9.17, 15) is 0 Å². The second kappa shape index (κ2) is 6.22. The molecule has 0 aliphatic rings. The third kappa shape index (κ3) is 6.22. The van der Waals surface area contributed by atoms with Crippen molar-refractivity contribution in [2.75, 3.05) is 0 Å². The second-order valence-corrected chi connectivity index (χ2v) is 4.04. The van der Waals surface area contributed by atoms with E-state index in [-0.39, 0.29) is 0 Å². The molecule has 0 spiro atoms. The number of hydrogen-bond donors (Lipinski definition) is 0. The minimum absolute atomic E-state index is 0.300. The molecule has 0 aliphatic heterocycles. The second-order valence-electron chi connectivity index (χ2n) is 1.91. The standard InChI is InChI=1S/C6H15Si/c1-3-5-6-7-4-2/h2-7H2,1H3. The Morgan fingerprint density at radius 3 is 2.71 bits per heavy atom. The number of unbranched alkanes of at least 4 members (excludes halogenated alkanes) is 1. The van der Waals surface area contributed by atoms with Crippen molar-refractivity contribution in [1.82, 2.24) is 0 Å². The fourth-order valence-electron chi connectivity index (χ4n) is 0.604. The topological polar surface area (TPSA) is 0 Å². The highest BCUT2D eigenvalue weighted by Gasteiger charge is 1.81. The average molecular weight is 115 g/mol. The fraction of sp³-hybridized carbons (Fsp3) is 0.833. The minimum Gasteiger partial charge on any atom is -0.0654 e. The molecule has 0 aromatic rings. The average Bonchev–Trinajstić information content (AvgIpc) is 1.69. The van der Waals surface area contributed by atoms with Crippen LogP contribution in [-0.2, 0) is 0 Å². The monoisotopic (exact) mass is 115 g/mol. The first kappa shape index (κ1) is 7.22. The molecule has 0 heterocycles. The molecule has 0 rings (SSSR count). The summed E-state index contributed by atoms with van der Waals surface area (Å²) in [6.07, 6.45) is 2.81. The molecule has 7 heavy (non-hydrogen) atoms. The van der Waals surface area contributed by atoms with Gasteiger partial charge < -0.3 is 0 Å². The third-order valence-corrected chi connectivity index (χ3v) is 2.60. The van der Waals surface area contributed by atoms with Gasteiger partial charge in [0.15, 0.2) is 0 Å². The van der Waals surface area contributed by atoms with Crippen molar-refractivity contribution in [2.24, 2.45) is 0 Å². The highest BCUT2D eigenvalue weighted by molar-refractivity contribution is 6.35. The maximum Gasteiger partial charge on any atom is 0.0197 e. The van der Waals surface area contributed by atoms with Gasteiger partial charge in [0.1, 0.15) is 0 Å². The molecule has 43 valence electrons. The van der Waals surface area contributed by atoms with Gasteiger partial charge in [-0.3, -0.25) is 0 Å². The van der Waals surface area contributed by atoms with Gasteiger partial charge in [0.25, 0.3) is 0 Å². The van der Waals surface area contributed by atoms with Crippen LogP contribution in [0.4, 0.5) is 0 Å². The quantitative estimate of drug-likeness (QED) is 0.386. The Bertz CT molecular complexity index is 23.4. The van der Waals surface area contributed by atoms with Gasteiger partial charge in [0.2, 0.25) is 0 Å². The molecule has 0 saturated heterocycles. The van der Waals surface area contributed by atoms with Crippen molar-refractivity contribution >= 4 is 9.52 Å². The van der Waals surface area contributed by atoms with Crippen LogP contribution in [0, 0.1) is 6.92 Å². The van der Waals surface area contributed by atoms with E-state index < -0.39 is 0 Å². The summed E-state index contributed by atoms with van der Waals surface area (Å²) in [5.41, 5.74) is 0. The Kier molecular flexibility index (Phi) is 6.41. The predicted molar refractivity (Wildman–Crippen MR) is 38.4 cm³/mol. The van der Waals surface area contributed by atoms with Gasteiger partial charge in [-0.1, -0.05) is 38.8 Å². The number of hydrogen-bond acceptors (Lipinski definition) is 0. The van der Waals surface area contributed by atoms with Crippen LogP contribution in [-0.4, -0.2) is 9.52 Å². The van der Waals surface area contributed by atoms with E-state index >= 15 is 0 Å². The number of rotatable bonds is 4. The summed E-state index contributed by atoms with van der Waals surface area (Å²) in [4.78, 5) is 0. The van der Waals surface area contributed by atoms with E-state index in [2.05, 4.69) is 13.8 Å². The lowest BCUT2D eigenvalue weighted by Gasteiger charge is -1.89. The van der Waals surface area contributed by atoms with Crippen molar-refractivity contribution in [3.8, 4) is 0 Å². The Morgan fingerprint density at radius 1 is 1.57 bits per heavy atom. The molecule has 0 unspecified atom stereocenters. The zero-order chi connectivity index (χ0) is 5.54. The molecular weight excluding hydrogens is 100 g/mol. The van der Waals surface area contributed by atoms with Crippen molar-refractivity contribution < 1.29 is 0 Å². The summed E-state index contributed by atoms with van der Waals surface area (Å²) in [7, 11) is 0.300. The Labute approximate surface area is 49.1 Å². The lowest BCUT2D eigenvalue weighted by atomic mass is 10.4. The smallest absolute Gasteiger partial charge is 0.0197 e.